The topological polar surface area (TPSA) is 143 Å². The van der Waals surface area contributed by atoms with E-state index >= 15 is 8.63 Å². The number of nitrogens with one attached hydrogen (secondary N) is 2. The summed E-state index contributed by atoms with van der Waals surface area (Å²) in [4.78, 5) is 24.9. The lowest BCUT2D eigenvalue weighted by Crippen LogP contribution is -2.56. The molecule has 0 bridgehead atoms. The molecular weight excluding hydrogens is 745 g/mol. The van der Waals surface area contributed by atoms with Gasteiger partial charge >= 0.3 is 23.1 Å². The van der Waals surface area contributed by atoms with Crippen LogP contribution in [0.4, 0.5) is 26.2 Å². The Hall–Kier alpha value is -5.56. The van der Waals surface area contributed by atoms with Gasteiger partial charge in [0.1, 0.15) is 11.8 Å². The van der Waals surface area contributed by atoms with Crippen molar-refractivity contribution in [1.29, 1.82) is 0 Å². The molecule has 6 rings (SSSR count). The molecule has 1 amide bonds. The molecule has 0 aliphatic carbocycles. The summed E-state index contributed by atoms with van der Waals surface area (Å²) in [6.07, 6.45) is 9.31. The summed E-state index contributed by atoms with van der Waals surface area (Å²) in [7, 11) is -5.66. The lowest BCUT2D eigenvalue weighted by molar-refractivity contribution is -0.455. The zero-order valence-electron chi connectivity index (χ0n) is 28.1. The SMILES string of the molecule is O=C(COc1ccc(/C=C/C2=[N+]3C(C=C2)Cc2ccc(-c4ccc[nH]4)n2[B-]3(F)F)cc1)NCCCCCC(=O)Oc1c(F)c(F)c(S(=O)(=O)O)c(F)c1F. The average Bonchev–Trinajstić information content (AvgIpc) is 3.90. The summed E-state index contributed by atoms with van der Waals surface area (Å²) < 4.78 is 131. The molecule has 19 heteroatoms. The van der Waals surface area contributed by atoms with Crippen molar-refractivity contribution in [1.82, 2.24) is 14.8 Å². The number of amides is 1. The highest BCUT2D eigenvalue weighted by atomic mass is 32.2. The highest BCUT2D eigenvalue weighted by Crippen LogP contribution is 2.35. The number of unbranched alkanes of at least 4 members (excludes halogenated alkanes) is 2. The monoisotopic (exact) mass is 776 g/mol. The second-order valence-corrected chi connectivity index (χ2v) is 13.8. The number of carbonyl (C=O) groups is 2. The molecule has 0 saturated heterocycles. The van der Waals surface area contributed by atoms with Gasteiger partial charge in [-0.3, -0.25) is 14.1 Å². The van der Waals surface area contributed by atoms with Gasteiger partial charge in [-0.25, -0.2) is 8.78 Å². The molecule has 284 valence electrons. The average molecular weight is 777 g/mol. The van der Waals surface area contributed by atoms with Crippen LogP contribution in [0, 0.1) is 23.3 Å². The highest BCUT2D eigenvalue weighted by molar-refractivity contribution is 7.85. The number of ether oxygens (including phenoxy) is 2. The number of esters is 1. The van der Waals surface area contributed by atoms with E-state index in [1.165, 1.54) is 0 Å². The molecule has 0 saturated carbocycles. The standard InChI is InChI=1S/C35H31BF6N4O7S/c37-30-32(39)35(54(49,50)51)33(40)31(38)34(30)53-29(48)6-2-1-3-17-44-28(47)20-52-25-14-8-21(9-15-25)7-10-22-11-12-23-19-24-13-16-27(26-5-4-18-43-26)46(24)36(41,42)45(22)23/h4-5,7-16,18,23,43H,1-3,6,17,19-20H2,(H,44,47)(H,49,50,51)/b10-7+. The van der Waals surface area contributed by atoms with Gasteiger partial charge in [-0.05, 0) is 72.6 Å². The number of allylic oxidation sites excluding steroid dienone is 2. The number of rotatable bonds is 14. The highest BCUT2D eigenvalue weighted by Gasteiger charge is 2.54. The van der Waals surface area contributed by atoms with Crippen molar-refractivity contribution < 1.29 is 62.7 Å². The van der Waals surface area contributed by atoms with E-state index < -0.39 is 75.3 Å². The molecular formula is C35H31BF6N4O7S. The minimum Gasteiger partial charge on any atom is -0.484 e. The Morgan fingerprint density at radius 3 is 2.37 bits per heavy atom. The molecule has 2 aromatic carbocycles. The van der Waals surface area contributed by atoms with E-state index in [0.29, 0.717) is 53.4 Å². The van der Waals surface area contributed by atoms with Crippen molar-refractivity contribution in [3.8, 4) is 22.9 Å². The molecule has 2 aromatic heterocycles. The van der Waals surface area contributed by atoms with E-state index in [1.807, 2.05) is 0 Å². The number of H-pyrrole nitrogens is 1. The minimum atomic E-state index is -5.66. The summed E-state index contributed by atoms with van der Waals surface area (Å²) in [5, 5.41) is 2.61. The van der Waals surface area contributed by atoms with Crippen molar-refractivity contribution in [2.24, 2.45) is 0 Å². The third kappa shape index (κ3) is 7.86. The number of benzene rings is 2. The van der Waals surface area contributed by atoms with Gasteiger partial charge in [-0.2, -0.15) is 17.2 Å². The van der Waals surface area contributed by atoms with E-state index in [4.69, 9.17) is 9.29 Å². The predicted molar refractivity (Wildman–Crippen MR) is 184 cm³/mol. The zero-order chi connectivity index (χ0) is 38.8. The van der Waals surface area contributed by atoms with Crippen LogP contribution < -0.4 is 14.8 Å². The second kappa shape index (κ2) is 15.4. The van der Waals surface area contributed by atoms with Gasteiger partial charge in [-0.15, -0.1) is 0 Å². The number of halogens is 6. The number of aromatic nitrogens is 2. The van der Waals surface area contributed by atoms with Crippen molar-refractivity contribution in [3.63, 3.8) is 0 Å². The maximum Gasteiger partial charge on any atom is 0.732 e. The Labute approximate surface area is 304 Å². The number of hydrogen-bond acceptors (Lipinski definition) is 6. The van der Waals surface area contributed by atoms with Gasteiger partial charge in [0, 0.05) is 43.4 Å². The molecule has 54 heavy (non-hydrogen) atoms. The third-order valence-electron chi connectivity index (χ3n) is 8.82. The Morgan fingerprint density at radius 1 is 0.981 bits per heavy atom. The van der Waals surface area contributed by atoms with E-state index in [1.54, 1.807) is 79.0 Å². The zero-order valence-corrected chi connectivity index (χ0v) is 28.9. The molecule has 0 fully saturated rings. The Bertz CT molecular complexity index is 2260. The molecule has 0 spiro atoms. The van der Waals surface area contributed by atoms with Gasteiger partial charge in [0.05, 0.1) is 5.69 Å². The summed E-state index contributed by atoms with van der Waals surface area (Å²) in [5.74, 6) is -12.6. The summed E-state index contributed by atoms with van der Waals surface area (Å²) in [6, 6.07) is 13.2. The van der Waals surface area contributed by atoms with Crippen LogP contribution in [0.5, 0.6) is 11.5 Å². The fraction of sp³-hybridized carbons (Fsp3) is 0.229. The van der Waals surface area contributed by atoms with Gasteiger partial charge in [0.2, 0.25) is 17.4 Å². The van der Waals surface area contributed by atoms with Crippen LogP contribution in [-0.2, 0) is 26.1 Å². The molecule has 2 aliphatic heterocycles. The number of aromatic amines is 1. The van der Waals surface area contributed by atoms with Gasteiger partial charge < -0.3 is 37.4 Å². The molecule has 2 aliphatic rings. The Balaban J connectivity index is 0.930. The van der Waals surface area contributed by atoms with Crippen molar-refractivity contribution >= 4 is 40.8 Å². The van der Waals surface area contributed by atoms with Crippen molar-refractivity contribution in [2.75, 3.05) is 13.2 Å². The van der Waals surface area contributed by atoms with Gasteiger partial charge in [-0.1, -0.05) is 18.6 Å². The molecule has 11 nitrogen and oxygen atoms in total. The smallest absolute Gasteiger partial charge is 0.484 e. The van der Waals surface area contributed by atoms with Crippen LogP contribution in [0.2, 0.25) is 0 Å². The summed E-state index contributed by atoms with van der Waals surface area (Å²) in [5.41, 5.74) is 2.68. The normalized spacial score (nSPS) is 16.1. The van der Waals surface area contributed by atoms with Gasteiger partial charge in [0.25, 0.3) is 5.91 Å². The van der Waals surface area contributed by atoms with E-state index in [9.17, 15) is 35.6 Å². The fourth-order valence-electron chi connectivity index (χ4n) is 6.30. The second-order valence-electron chi connectivity index (χ2n) is 12.4. The van der Waals surface area contributed by atoms with Crippen LogP contribution in [0.1, 0.15) is 36.9 Å². The molecule has 0 radical (unpaired) electrons. The van der Waals surface area contributed by atoms with E-state index in [-0.39, 0.29) is 19.6 Å². The van der Waals surface area contributed by atoms with Gasteiger partial charge in [0.15, 0.2) is 28.8 Å². The predicted octanol–water partition coefficient (Wildman–Crippen LogP) is 5.83. The summed E-state index contributed by atoms with van der Waals surface area (Å²) in [6.45, 7) is -4.27. The largest absolute Gasteiger partial charge is 0.732 e. The first-order valence-corrected chi connectivity index (χ1v) is 18.0. The minimum absolute atomic E-state index is 0.101. The molecule has 3 N–H and O–H groups in total. The maximum absolute atomic E-state index is 16.0. The van der Waals surface area contributed by atoms with Crippen LogP contribution in [-0.4, -0.2) is 70.7 Å². The van der Waals surface area contributed by atoms with E-state index in [0.717, 1.165) is 8.96 Å². The molecule has 4 heterocycles. The number of nitrogens with zero attached hydrogens (tertiary/aromatic N) is 2. The molecule has 4 aromatic rings. The first-order valence-electron chi connectivity index (χ1n) is 16.6. The maximum atomic E-state index is 16.0. The fourth-order valence-corrected chi connectivity index (χ4v) is 6.93. The van der Waals surface area contributed by atoms with Crippen LogP contribution in [0.3, 0.4) is 0 Å². The lowest BCUT2D eigenvalue weighted by Gasteiger charge is -2.35. The first kappa shape index (κ1) is 38.2. The lowest BCUT2D eigenvalue weighted by atomic mass is 9.86. The third-order valence-corrected chi connectivity index (χ3v) is 9.69. The Kier molecular flexibility index (Phi) is 10.9. The molecule has 1 atom stereocenters. The first-order chi connectivity index (χ1) is 25.7. The van der Waals surface area contributed by atoms with Crippen LogP contribution >= 0.6 is 0 Å². The number of fused-ring (bicyclic) bond motifs is 2. The number of hydrogen-bond donors (Lipinski definition) is 3. The molecule has 1 unspecified atom stereocenters. The van der Waals surface area contributed by atoms with Crippen molar-refractivity contribution in [3.05, 3.63) is 107 Å². The quantitative estimate of drug-likeness (QED) is 0.0278. The van der Waals surface area contributed by atoms with Crippen LogP contribution in [0.15, 0.2) is 77.9 Å². The summed E-state index contributed by atoms with van der Waals surface area (Å²) >= 11 is 0. The van der Waals surface area contributed by atoms with Crippen LogP contribution in [0.25, 0.3) is 17.5 Å². The Morgan fingerprint density at radius 2 is 1.70 bits per heavy atom. The van der Waals surface area contributed by atoms with E-state index in [2.05, 4.69) is 15.0 Å². The van der Waals surface area contributed by atoms with Crippen molar-refractivity contribution in [2.45, 2.75) is 43.0 Å². The number of carbonyl (C=O) groups excluding carboxylic acids is 2.